The molecule has 0 unspecified atom stereocenters. The molecule has 4 rings (SSSR count). The highest BCUT2D eigenvalue weighted by Gasteiger charge is 2.33. The maximum Gasteiger partial charge on any atom is 0.252 e. The highest BCUT2D eigenvalue weighted by Crippen LogP contribution is 2.28. The van der Waals surface area contributed by atoms with Gasteiger partial charge in [-0.1, -0.05) is 55.5 Å². The predicted molar refractivity (Wildman–Crippen MR) is 118 cm³/mol. The van der Waals surface area contributed by atoms with Crippen molar-refractivity contribution >= 4 is 22.4 Å². The predicted octanol–water partition coefficient (Wildman–Crippen LogP) is 5.09. The highest BCUT2D eigenvalue weighted by atomic mass is 16.5. The molecule has 2 N–H and O–H groups in total. The second-order valence-corrected chi connectivity index (χ2v) is 8.45. The van der Waals surface area contributed by atoms with Gasteiger partial charge in [-0.3, -0.25) is 4.79 Å². The number of anilines is 1. The Labute approximate surface area is 172 Å². The zero-order valence-corrected chi connectivity index (χ0v) is 17.3. The molecule has 0 spiro atoms. The number of rotatable bonds is 6. The van der Waals surface area contributed by atoms with Gasteiger partial charge in [-0.25, -0.2) is 0 Å². The van der Waals surface area contributed by atoms with Gasteiger partial charge in [0.1, 0.15) is 0 Å². The zero-order valence-electron chi connectivity index (χ0n) is 17.3. The maximum absolute atomic E-state index is 13.0. The topological polar surface area (TPSA) is 50.4 Å². The Morgan fingerprint density at radius 1 is 1.10 bits per heavy atom. The molecule has 0 aliphatic carbocycles. The summed E-state index contributed by atoms with van der Waals surface area (Å²) >= 11 is 0. The molecule has 4 nitrogen and oxygen atoms in total. The summed E-state index contributed by atoms with van der Waals surface area (Å²) in [4.78, 5) is 13.0. The molecule has 3 aromatic rings. The number of hydrogen-bond donors (Lipinski definition) is 2. The summed E-state index contributed by atoms with van der Waals surface area (Å²) < 4.78 is 5.32. The number of fused-ring (bicyclic) bond motifs is 1. The van der Waals surface area contributed by atoms with Gasteiger partial charge < -0.3 is 15.4 Å². The number of benzene rings is 3. The summed E-state index contributed by atoms with van der Waals surface area (Å²) in [5.74, 6) is -0.0511. The first-order valence-corrected chi connectivity index (χ1v) is 10.2. The molecule has 0 radical (unpaired) electrons. The Morgan fingerprint density at radius 3 is 2.62 bits per heavy atom. The van der Waals surface area contributed by atoms with Crippen molar-refractivity contribution in [3.8, 4) is 0 Å². The molecular formula is C25H28N2O2. The fourth-order valence-electron chi connectivity index (χ4n) is 3.82. The van der Waals surface area contributed by atoms with Gasteiger partial charge in [0.25, 0.3) is 5.91 Å². The molecule has 1 atom stereocenters. The van der Waals surface area contributed by atoms with Crippen LogP contribution in [0, 0.1) is 12.3 Å². The zero-order chi connectivity index (χ0) is 20.4. The van der Waals surface area contributed by atoms with E-state index < -0.39 is 0 Å². The largest absolute Gasteiger partial charge is 0.384 e. The van der Waals surface area contributed by atoms with Gasteiger partial charge in [-0.2, -0.15) is 0 Å². The van der Waals surface area contributed by atoms with E-state index in [1.54, 1.807) is 0 Å². The first-order valence-electron chi connectivity index (χ1n) is 10.2. The van der Waals surface area contributed by atoms with E-state index in [-0.39, 0.29) is 17.4 Å². The lowest BCUT2D eigenvalue weighted by Crippen LogP contribution is -2.45. The van der Waals surface area contributed by atoms with E-state index in [9.17, 15) is 4.79 Å². The molecule has 0 bridgehead atoms. The second-order valence-electron chi connectivity index (χ2n) is 8.45. The minimum atomic E-state index is -0.0874. The summed E-state index contributed by atoms with van der Waals surface area (Å²) in [5.41, 5.74) is 3.94. The van der Waals surface area contributed by atoms with Crippen LogP contribution in [-0.4, -0.2) is 25.7 Å². The molecule has 0 saturated carbocycles. The monoisotopic (exact) mass is 388 g/mol. The first kappa shape index (κ1) is 19.5. The molecule has 3 aromatic carbocycles. The SMILES string of the molecule is Cc1ccc(NCC2(C)COC2)cc1C(=O)N[C@H](C)c1cccc2ccccc12. The van der Waals surface area contributed by atoms with Crippen molar-refractivity contribution in [3.05, 3.63) is 77.4 Å². The summed E-state index contributed by atoms with van der Waals surface area (Å²) in [7, 11) is 0. The van der Waals surface area contributed by atoms with Crippen LogP contribution in [0.15, 0.2) is 60.7 Å². The van der Waals surface area contributed by atoms with E-state index in [0.29, 0.717) is 5.56 Å². The van der Waals surface area contributed by atoms with Crippen molar-refractivity contribution in [1.29, 1.82) is 0 Å². The van der Waals surface area contributed by atoms with Crippen LogP contribution in [-0.2, 0) is 4.74 Å². The lowest BCUT2D eigenvalue weighted by Gasteiger charge is -2.38. The third-order valence-electron chi connectivity index (χ3n) is 5.74. The molecule has 1 aliphatic heterocycles. The van der Waals surface area contributed by atoms with Crippen LogP contribution >= 0.6 is 0 Å². The molecule has 29 heavy (non-hydrogen) atoms. The Balaban J connectivity index is 1.50. The maximum atomic E-state index is 13.0. The highest BCUT2D eigenvalue weighted by molar-refractivity contribution is 5.97. The second kappa shape index (κ2) is 7.88. The van der Waals surface area contributed by atoms with Crippen LogP contribution in [0.2, 0.25) is 0 Å². The standard InChI is InChI=1S/C25H28N2O2/c1-17-11-12-20(26-14-25(3)15-29-16-25)13-23(17)24(28)27-18(2)21-10-6-8-19-7-4-5-9-22(19)21/h4-13,18,26H,14-16H2,1-3H3,(H,27,28)/t18-/m1/s1. The van der Waals surface area contributed by atoms with Crippen molar-refractivity contribution < 1.29 is 9.53 Å². The number of ether oxygens (including phenoxy) is 1. The van der Waals surface area contributed by atoms with E-state index >= 15 is 0 Å². The van der Waals surface area contributed by atoms with Crippen molar-refractivity contribution in [1.82, 2.24) is 5.32 Å². The third-order valence-corrected chi connectivity index (χ3v) is 5.74. The molecule has 1 fully saturated rings. The third kappa shape index (κ3) is 4.13. The van der Waals surface area contributed by atoms with Crippen molar-refractivity contribution in [2.45, 2.75) is 26.8 Å². The minimum Gasteiger partial charge on any atom is -0.384 e. The number of amides is 1. The Kier molecular flexibility index (Phi) is 5.29. The van der Waals surface area contributed by atoms with E-state index in [0.717, 1.165) is 36.6 Å². The van der Waals surface area contributed by atoms with Gasteiger partial charge in [-0.05, 0) is 47.9 Å². The number of carbonyl (C=O) groups is 1. The molecule has 150 valence electrons. The lowest BCUT2D eigenvalue weighted by molar-refractivity contribution is -0.0924. The van der Waals surface area contributed by atoms with Gasteiger partial charge in [0, 0.05) is 23.2 Å². The van der Waals surface area contributed by atoms with Gasteiger partial charge >= 0.3 is 0 Å². The van der Waals surface area contributed by atoms with Crippen LogP contribution in [0.3, 0.4) is 0 Å². The van der Waals surface area contributed by atoms with E-state index in [4.69, 9.17) is 4.74 Å². The molecule has 4 heteroatoms. The number of hydrogen-bond acceptors (Lipinski definition) is 3. The van der Waals surface area contributed by atoms with Gasteiger partial charge in [-0.15, -0.1) is 0 Å². The summed E-state index contributed by atoms with van der Waals surface area (Å²) in [6.45, 7) is 8.61. The molecule has 1 saturated heterocycles. The fourth-order valence-corrected chi connectivity index (χ4v) is 3.82. The van der Waals surface area contributed by atoms with Crippen molar-refractivity contribution in [3.63, 3.8) is 0 Å². The Hall–Kier alpha value is -2.85. The number of nitrogens with one attached hydrogen (secondary N) is 2. The fraction of sp³-hybridized carbons (Fsp3) is 0.320. The van der Waals surface area contributed by atoms with Crippen LogP contribution in [0.25, 0.3) is 10.8 Å². The molecular weight excluding hydrogens is 360 g/mol. The van der Waals surface area contributed by atoms with Gasteiger partial charge in [0.2, 0.25) is 0 Å². The summed E-state index contributed by atoms with van der Waals surface area (Å²) in [6.07, 6.45) is 0. The summed E-state index contributed by atoms with van der Waals surface area (Å²) in [6, 6.07) is 20.4. The van der Waals surface area contributed by atoms with Gasteiger partial charge in [0.05, 0.1) is 19.3 Å². The molecule has 1 amide bonds. The Morgan fingerprint density at radius 2 is 1.86 bits per heavy atom. The van der Waals surface area contributed by atoms with Crippen LogP contribution in [0.5, 0.6) is 0 Å². The molecule has 1 heterocycles. The first-order chi connectivity index (χ1) is 14.0. The summed E-state index contributed by atoms with van der Waals surface area (Å²) in [5, 5.41) is 8.99. The smallest absolute Gasteiger partial charge is 0.252 e. The molecule has 1 aliphatic rings. The van der Waals surface area contributed by atoms with E-state index in [1.807, 2.05) is 50.2 Å². The Bertz CT molecular complexity index is 1030. The molecule has 0 aromatic heterocycles. The average Bonchev–Trinajstić information content (AvgIpc) is 2.71. The quantitative estimate of drug-likeness (QED) is 0.619. The van der Waals surface area contributed by atoms with Crippen molar-refractivity contribution in [2.24, 2.45) is 5.41 Å². The number of carbonyl (C=O) groups excluding carboxylic acids is 1. The van der Waals surface area contributed by atoms with Crippen LogP contribution in [0.4, 0.5) is 5.69 Å². The van der Waals surface area contributed by atoms with Crippen LogP contribution < -0.4 is 10.6 Å². The number of aryl methyl sites for hydroxylation is 1. The van der Waals surface area contributed by atoms with E-state index in [2.05, 4.69) is 41.8 Å². The normalized spacial score (nSPS) is 16.1. The minimum absolute atomic E-state index is 0.0511. The average molecular weight is 389 g/mol. The lowest BCUT2D eigenvalue weighted by atomic mass is 9.88. The van der Waals surface area contributed by atoms with Crippen molar-refractivity contribution in [2.75, 3.05) is 25.1 Å². The van der Waals surface area contributed by atoms with Crippen LogP contribution in [0.1, 0.15) is 41.4 Å². The van der Waals surface area contributed by atoms with E-state index in [1.165, 1.54) is 10.8 Å². The van der Waals surface area contributed by atoms with Gasteiger partial charge in [0.15, 0.2) is 0 Å².